The van der Waals surface area contributed by atoms with Crippen LogP contribution in [-0.2, 0) is 13.2 Å². The van der Waals surface area contributed by atoms with Crippen molar-refractivity contribution in [2.24, 2.45) is 0 Å². The molecule has 0 radical (unpaired) electrons. The van der Waals surface area contributed by atoms with Crippen molar-refractivity contribution in [2.75, 3.05) is 19.5 Å². The summed E-state index contributed by atoms with van der Waals surface area (Å²) >= 11 is 6.95. The first kappa shape index (κ1) is 18.6. The van der Waals surface area contributed by atoms with Crippen LogP contribution in [0.5, 0.6) is 5.75 Å². The molecule has 1 heterocycles. The van der Waals surface area contributed by atoms with Crippen molar-refractivity contribution in [2.45, 2.75) is 20.1 Å². The van der Waals surface area contributed by atoms with E-state index in [4.69, 9.17) is 17.0 Å². The SMILES string of the molecule is COc1cccc(CN(C)Cn2nc(Nc3cccc(C)c3)sc2=S)c1. The van der Waals surface area contributed by atoms with Gasteiger partial charge in [0.25, 0.3) is 0 Å². The van der Waals surface area contributed by atoms with Crippen molar-refractivity contribution in [1.29, 1.82) is 0 Å². The third-order valence-electron chi connectivity index (χ3n) is 3.84. The fraction of sp³-hybridized carbons (Fsp3) is 0.263. The van der Waals surface area contributed by atoms with Crippen LogP contribution >= 0.6 is 23.6 Å². The van der Waals surface area contributed by atoms with Crippen molar-refractivity contribution < 1.29 is 4.74 Å². The maximum atomic E-state index is 5.47. The summed E-state index contributed by atoms with van der Waals surface area (Å²) in [6, 6.07) is 16.3. The van der Waals surface area contributed by atoms with Gasteiger partial charge in [0.15, 0.2) is 3.95 Å². The Morgan fingerprint density at radius 1 is 1.23 bits per heavy atom. The van der Waals surface area contributed by atoms with Gasteiger partial charge in [-0.1, -0.05) is 35.6 Å². The fourth-order valence-electron chi connectivity index (χ4n) is 2.65. The average molecular weight is 387 g/mol. The van der Waals surface area contributed by atoms with Crippen LogP contribution in [-0.4, -0.2) is 28.8 Å². The van der Waals surface area contributed by atoms with Gasteiger partial charge in [0.1, 0.15) is 5.75 Å². The number of aromatic nitrogens is 2. The molecule has 0 fully saturated rings. The molecule has 0 aliphatic rings. The summed E-state index contributed by atoms with van der Waals surface area (Å²) in [5, 5.41) is 8.73. The highest BCUT2D eigenvalue weighted by Gasteiger charge is 2.08. The monoisotopic (exact) mass is 386 g/mol. The molecule has 0 atom stereocenters. The quantitative estimate of drug-likeness (QED) is 0.590. The molecule has 26 heavy (non-hydrogen) atoms. The number of hydrogen-bond donors (Lipinski definition) is 1. The second kappa shape index (κ2) is 8.44. The molecule has 1 N–H and O–H groups in total. The smallest absolute Gasteiger partial charge is 0.209 e. The summed E-state index contributed by atoms with van der Waals surface area (Å²) in [4.78, 5) is 2.17. The number of aryl methyl sites for hydroxylation is 1. The first-order valence-electron chi connectivity index (χ1n) is 8.26. The number of rotatable bonds is 7. The van der Waals surface area contributed by atoms with Gasteiger partial charge in [-0.05, 0) is 61.6 Å². The number of ether oxygens (including phenoxy) is 1. The third-order valence-corrected chi connectivity index (χ3v) is 5.06. The molecule has 0 aliphatic carbocycles. The molecule has 0 spiro atoms. The van der Waals surface area contributed by atoms with Crippen molar-refractivity contribution in [1.82, 2.24) is 14.7 Å². The minimum atomic E-state index is 0.627. The Kier molecular flexibility index (Phi) is 6.03. The first-order valence-corrected chi connectivity index (χ1v) is 9.49. The van der Waals surface area contributed by atoms with E-state index in [0.29, 0.717) is 6.67 Å². The predicted octanol–water partition coefficient (Wildman–Crippen LogP) is 4.82. The van der Waals surface area contributed by atoms with E-state index in [1.54, 1.807) is 7.11 Å². The molecule has 136 valence electrons. The molecule has 0 saturated heterocycles. The van der Waals surface area contributed by atoms with Crippen molar-refractivity contribution >= 4 is 34.4 Å². The Labute approximate surface area is 162 Å². The Bertz CT molecular complexity index is 935. The lowest BCUT2D eigenvalue weighted by Gasteiger charge is -2.16. The Balaban J connectivity index is 1.66. The zero-order valence-electron chi connectivity index (χ0n) is 15.1. The van der Waals surface area contributed by atoms with Gasteiger partial charge in [-0.3, -0.25) is 4.90 Å². The van der Waals surface area contributed by atoms with Gasteiger partial charge in [-0.25, -0.2) is 4.68 Å². The van der Waals surface area contributed by atoms with E-state index in [0.717, 1.165) is 27.1 Å². The second-order valence-corrected chi connectivity index (χ2v) is 7.80. The van der Waals surface area contributed by atoms with E-state index < -0.39 is 0 Å². The normalized spacial score (nSPS) is 10.9. The van der Waals surface area contributed by atoms with E-state index in [1.165, 1.54) is 22.5 Å². The van der Waals surface area contributed by atoms with Crippen LogP contribution in [0.2, 0.25) is 0 Å². The number of hydrogen-bond acceptors (Lipinski definition) is 6. The topological polar surface area (TPSA) is 42.3 Å². The molecule has 0 amide bonds. The van der Waals surface area contributed by atoms with Crippen molar-refractivity contribution in [3.8, 4) is 5.75 Å². The predicted molar refractivity (Wildman–Crippen MR) is 110 cm³/mol. The maximum absolute atomic E-state index is 5.47. The summed E-state index contributed by atoms with van der Waals surface area (Å²) < 4.78 is 7.88. The van der Waals surface area contributed by atoms with Gasteiger partial charge >= 0.3 is 0 Å². The highest BCUT2D eigenvalue weighted by molar-refractivity contribution is 7.73. The third kappa shape index (κ3) is 4.91. The Hall–Kier alpha value is -2.22. The number of anilines is 2. The van der Waals surface area contributed by atoms with Crippen LogP contribution in [0.4, 0.5) is 10.8 Å². The van der Waals surface area contributed by atoms with Crippen LogP contribution in [0.3, 0.4) is 0 Å². The van der Waals surface area contributed by atoms with Crippen LogP contribution in [0.1, 0.15) is 11.1 Å². The number of nitrogens with zero attached hydrogens (tertiary/aromatic N) is 3. The molecule has 7 heteroatoms. The average Bonchev–Trinajstić information content (AvgIpc) is 2.94. The van der Waals surface area contributed by atoms with Crippen molar-refractivity contribution in [3.63, 3.8) is 0 Å². The Morgan fingerprint density at radius 2 is 2.04 bits per heavy atom. The Morgan fingerprint density at radius 3 is 2.81 bits per heavy atom. The molecule has 0 unspecified atom stereocenters. The van der Waals surface area contributed by atoms with Crippen LogP contribution in [0.25, 0.3) is 0 Å². The molecular weight excluding hydrogens is 364 g/mol. The largest absolute Gasteiger partial charge is 0.497 e. The molecule has 3 rings (SSSR count). The van der Waals surface area contributed by atoms with E-state index >= 15 is 0 Å². The van der Waals surface area contributed by atoms with Crippen LogP contribution in [0.15, 0.2) is 48.5 Å². The standard InChI is InChI=1S/C19H22N4OS2/c1-14-6-4-8-16(10-14)20-18-21-23(19(25)26-18)13-22(2)12-15-7-5-9-17(11-15)24-3/h4-11H,12-13H2,1-3H3,(H,20,21). The van der Waals surface area contributed by atoms with Crippen LogP contribution < -0.4 is 10.1 Å². The van der Waals surface area contributed by atoms with Gasteiger partial charge in [0.05, 0.1) is 13.8 Å². The second-order valence-electron chi connectivity index (χ2n) is 6.17. The molecule has 0 bridgehead atoms. The fourth-order valence-corrected chi connectivity index (χ4v) is 3.67. The van der Waals surface area contributed by atoms with E-state index in [2.05, 4.69) is 40.4 Å². The van der Waals surface area contributed by atoms with Crippen LogP contribution in [0, 0.1) is 10.9 Å². The highest BCUT2D eigenvalue weighted by atomic mass is 32.1. The van der Waals surface area contributed by atoms with Gasteiger partial charge in [0.2, 0.25) is 5.13 Å². The number of benzene rings is 2. The lowest BCUT2D eigenvalue weighted by Crippen LogP contribution is -2.22. The number of nitrogens with one attached hydrogen (secondary N) is 1. The van der Waals surface area contributed by atoms with Gasteiger partial charge in [-0.15, -0.1) is 5.10 Å². The molecular formula is C19H22N4OS2. The lowest BCUT2D eigenvalue weighted by molar-refractivity contribution is 0.245. The zero-order chi connectivity index (χ0) is 18.5. The summed E-state index contributed by atoms with van der Waals surface area (Å²) in [6.45, 7) is 3.48. The van der Waals surface area contributed by atoms with Crippen molar-refractivity contribution in [3.05, 3.63) is 63.6 Å². The van der Waals surface area contributed by atoms with E-state index in [1.807, 2.05) is 42.1 Å². The molecule has 2 aromatic carbocycles. The molecule has 0 aliphatic heterocycles. The summed E-state index contributed by atoms with van der Waals surface area (Å²) in [5.74, 6) is 0.866. The minimum absolute atomic E-state index is 0.627. The summed E-state index contributed by atoms with van der Waals surface area (Å²) in [6.07, 6.45) is 0. The van der Waals surface area contributed by atoms with Gasteiger partial charge < -0.3 is 10.1 Å². The molecule has 3 aromatic rings. The minimum Gasteiger partial charge on any atom is -0.497 e. The van der Waals surface area contributed by atoms with Gasteiger partial charge in [0, 0.05) is 12.2 Å². The van der Waals surface area contributed by atoms with Gasteiger partial charge in [-0.2, -0.15) is 0 Å². The number of methoxy groups -OCH3 is 1. The maximum Gasteiger partial charge on any atom is 0.209 e. The molecule has 0 saturated carbocycles. The summed E-state index contributed by atoms with van der Waals surface area (Å²) in [7, 11) is 3.73. The first-order chi connectivity index (χ1) is 12.5. The molecule has 5 nitrogen and oxygen atoms in total. The highest BCUT2D eigenvalue weighted by Crippen LogP contribution is 2.21. The lowest BCUT2D eigenvalue weighted by atomic mass is 10.2. The van der Waals surface area contributed by atoms with E-state index in [9.17, 15) is 0 Å². The zero-order valence-corrected chi connectivity index (χ0v) is 16.7. The molecule has 1 aromatic heterocycles. The van der Waals surface area contributed by atoms with E-state index in [-0.39, 0.29) is 0 Å². The summed E-state index contributed by atoms with van der Waals surface area (Å²) in [5.41, 5.74) is 3.41.